The van der Waals surface area contributed by atoms with Gasteiger partial charge in [0.2, 0.25) is 0 Å². The van der Waals surface area contributed by atoms with E-state index >= 15 is 0 Å². The van der Waals surface area contributed by atoms with Gasteiger partial charge in [0.25, 0.3) is 0 Å². The highest BCUT2D eigenvalue weighted by molar-refractivity contribution is 5.93. The molecule has 23 heavy (non-hydrogen) atoms. The van der Waals surface area contributed by atoms with Crippen molar-refractivity contribution in [2.45, 2.75) is 46.1 Å². The third-order valence-electron chi connectivity index (χ3n) is 3.40. The second-order valence-electron chi connectivity index (χ2n) is 5.52. The molecule has 2 N–H and O–H groups in total. The molecule has 0 bridgehead atoms. The predicted molar refractivity (Wildman–Crippen MR) is 94.3 cm³/mol. The highest BCUT2D eigenvalue weighted by atomic mass is 16.5. The first-order chi connectivity index (χ1) is 11.1. The van der Waals surface area contributed by atoms with E-state index in [9.17, 15) is 5.11 Å². The minimum atomic E-state index is 0.149. The summed E-state index contributed by atoms with van der Waals surface area (Å²) < 4.78 is 5.83. The Balaban J connectivity index is 2.75. The van der Waals surface area contributed by atoms with Crippen LogP contribution in [0.5, 0.6) is 5.75 Å². The maximum Gasteiger partial charge on any atom is 0.180 e. The van der Waals surface area contributed by atoms with Crippen LogP contribution in [0.3, 0.4) is 0 Å². The number of aliphatic imine (C=N–C) groups is 1. The van der Waals surface area contributed by atoms with E-state index in [4.69, 9.17) is 4.74 Å². The maximum atomic E-state index is 9.17. The second kappa shape index (κ2) is 10.7. The smallest absolute Gasteiger partial charge is 0.180 e. The van der Waals surface area contributed by atoms with Crippen LogP contribution in [0, 0.1) is 0 Å². The number of rotatable bonds is 10. The lowest BCUT2D eigenvalue weighted by molar-refractivity contribution is 0.276. The largest absolute Gasteiger partial charge is 0.484 e. The van der Waals surface area contributed by atoms with Gasteiger partial charge in [0, 0.05) is 25.4 Å². The minimum Gasteiger partial charge on any atom is -0.484 e. The number of aliphatic hydroxyl groups is 1. The van der Waals surface area contributed by atoms with Crippen LogP contribution in [0.25, 0.3) is 0 Å². The molecule has 0 saturated carbocycles. The number of ether oxygens (including phenoxy) is 1. The molecule has 1 aromatic heterocycles. The highest BCUT2D eigenvalue weighted by Gasteiger charge is 2.12. The van der Waals surface area contributed by atoms with Crippen LogP contribution >= 0.6 is 0 Å². The molecule has 6 heteroatoms. The number of hydrogen-bond acceptors (Lipinski definition) is 6. The molecule has 0 amide bonds. The zero-order valence-electron chi connectivity index (χ0n) is 14.5. The third-order valence-corrected chi connectivity index (χ3v) is 3.40. The van der Waals surface area contributed by atoms with Crippen LogP contribution in [0.4, 0.5) is 5.82 Å². The van der Waals surface area contributed by atoms with Gasteiger partial charge in [0.1, 0.15) is 12.9 Å². The Morgan fingerprint density at radius 1 is 1.43 bits per heavy atom. The fourth-order valence-electron chi connectivity index (χ4n) is 2.17. The second-order valence-corrected chi connectivity index (χ2v) is 5.52. The van der Waals surface area contributed by atoms with Crippen molar-refractivity contribution < 1.29 is 9.84 Å². The normalized spacial score (nSPS) is 13.8. The quantitative estimate of drug-likeness (QED) is 0.648. The number of nitrogens with one attached hydrogen (secondary N) is 1. The molecule has 1 unspecified atom stereocenters. The Kier molecular flexibility index (Phi) is 8.90. The molecular weight excluding hydrogens is 292 g/mol. The standard InChI is InChI=1S/C17H28N4O2/c1-5-6-15(7-8-22)21-17-16(10-19-12-20-17)23-11-13(2)9-14(3)18-4/h9-10,12,15,22H,5-8,11H2,1-4H3,(H,19,20,21)/b13-9+,18-14-. The van der Waals surface area contributed by atoms with Crippen LogP contribution in [0.2, 0.25) is 0 Å². The van der Waals surface area contributed by atoms with Crippen molar-refractivity contribution >= 4 is 11.5 Å². The van der Waals surface area contributed by atoms with Gasteiger partial charge in [-0.25, -0.2) is 9.97 Å². The Morgan fingerprint density at radius 2 is 2.22 bits per heavy atom. The van der Waals surface area contributed by atoms with Crippen molar-refractivity contribution in [2.24, 2.45) is 4.99 Å². The van der Waals surface area contributed by atoms with E-state index in [1.807, 2.05) is 19.9 Å². The highest BCUT2D eigenvalue weighted by Crippen LogP contribution is 2.22. The average Bonchev–Trinajstić information content (AvgIpc) is 2.54. The zero-order valence-corrected chi connectivity index (χ0v) is 14.5. The Labute approximate surface area is 138 Å². The van der Waals surface area contributed by atoms with E-state index in [1.165, 1.54) is 6.33 Å². The van der Waals surface area contributed by atoms with E-state index in [2.05, 4.69) is 27.2 Å². The summed E-state index contributed by atoms with van der Waals surface area (Å²) in [7, 11) is 1.77. The lowest BCUT2D eigenvalue weighted by Crippen LogP contribution is -2.22. The molecule has 0 fully saturated rings. The van der Waals surface area contributed by atoms with Crippen molar-refractivity contribution in [3.05, 3.63) is 24.2 Å². The Morgan fingerprint density at radius 3 is 2.87 bits per heavy atom. The van der Waals surface area contributed by atoms with Gasteiger partial charge in [-0.1, -0.05) is 13.3 Å². The predicted octanol–water partition coefficient (Wildman–Crippen LogP) is 2.86. The molecule has 1 aromatic rings. The van der Waals surface area contributed by atoms with Crippen molar-refractivity contribution in [1.29, 1.82) is 0 Å². The third kappa shape index (κ3) is 7.23. The van der Waals surface area contributed by atoms with Gasteiger partial charge in [-0.2, -0.15) is 0 Å². The molecule has 0 aliphatic carbocycles. The average molecular weight is 320 g/mol. The van der Waals surface area contributed by atoms with Crippen LogP contribution < -0.4 is 10.1 Å². The summed E-state index contributed by atoms with van der Waals surface area (Å²) in [5.74, 6) is 1.28. The van der Waals surface area contributed by atoms with Crippen molar-refractivity contribution in [3.63, 3.8) is 0 Å². The summed E-state index contributed by atoms with van der Waals surface area (Å²) in [6, 6.07) is 0.174. The molecule has 1 atom stereocenters. The van der Waals surface area contributed by atoms with Gasteiger partial charge in [-0.3, -0.25) is 4.99 Å². The number of allylic oxidation sites excluding steroid dienone is 1. The topological polar surface area (TPSA) is 79.6 Å². The first-order valence-electron chi connectivity index (χ1n) is 8.01. The monoisotopic (exact) mass is 320 g/mol. The van der Waals surface area contributed by atoms with Gasteiger partial charge in [-0.05, 0) is 38.3 Å². The van der Waals surface area contributed by atoms with E-state index in [0.717, 1.165) is 24.1 Å². The van der Waals surface area contributed by atoms with Crippen LogP contribution in [-0.2, 0) is 0 Å². The number of anilines is 1. The fourth-order valence-corrected chi connectivity index (χ4v) is 2.17. The van der Waals surface area contributed by atoms with E-state index in [0.29, 0.717) is 24.6 Å². The van der Waals surface area contributed by atoms with Crippen LogP contribution in [0.1, 0.15) is 40.0 Å². The Hall–Kier alpha value is -1.95. The lowest BCUT2D eigenvalue weighted by Gasteiger charge is -2.19. The molecule has 128 valence electrons. The summed E-state index contributed by atoms with van der Waals surface area (Å²) in [4.78, 5) is 12.4. The molecule has 6 nitrogen and oxygen atoms in total. The first-order valence-corrected chi connectivity index (χ1v) is 8.01. The number of nitrogens with zero attached hydrogens (tertiary/aromatic N) is 3. The zero-order chi connectivity index (χ0) is 17.1. The summed E-state index contributed by atoms with van der Waals surface area (Å²) in [5.41, 5.74) is 2.03. The summed E-state index contributed by atoms with van der Waals surface area (Å²) in [6.45, 7) is 6.67. The molecule has 0 saturated heterocycles. The van der Waals surface area contributed by atoms with E-state index in [-0.39, 0.29) is 12.6 Å². The molecule has 1 heterocycles. The van der Waals surface area contributed by atoms with Crippen molar-refractivity contribution in [3.8, 4) is 5.75 Å². The summed E-state index contributed by atoms with van der Waals surface area (Å²) >= 11 is 0. The maximum absolute atomic E-state index is 9.17. The first kappa shape index (κ1) is 19.1. The van der Waals surface area contributed by atoms with Gasteiger partial charge in [0.05, 0.1) is 6.20 Å². The van der Waals surface area contributed by atoms with Crippen molar-refractivity contribution in [2.75, 3.05) is 25.6 Å². The molecule has 0 radical (unpaired) electrons. The number of aliphatic hydroxyl groups excluding tert-OH is 1. The van der Waals surface area contributed by atoms with Crippen molar-refractivity contribution in [1.82, 2.24) is 9.97 Å². The number of aromatic nitrogens is 2. The minimum absolute atomic E-state index is 0.149. The SMILES string of the molecule is CCCC(CCO)Nc1ncncc1OC/C(C)=C/C(C)=N\C. The van der Waals surface area contributed by atoms with Gasteiger partial charge in [0.15, 0.2) is 11.6 Å². The van der Waals surface area contributed by atoms with E-state index in [1.54, 1.807) is 13.2 Å². The van der Waals surface area contributed by atoms with Gasteiger partial charge >= 0.3 is 0 Å². The summed E-state index contributed by atoms with van der Waals surface area (Å²) in [6.07, 6.45) is 7.83. The molecule has 0 aliphatic rings. The van der Waals surface area contributed by atoms with E-state index < -0.39 is 0 Å². The summed E-state index contributed by atoms with van der Waals surface area (Å²) in [5, 5.41) is 12.5. The molecule has 0 aliphatic heterocycles. The molecule has 0 spiro atoms. The molecule has 0 aromatic carbocycles. The van der Waals surface area contributed by atoms with Gasteiger partial charge < -0.3 is 15.2 Å². The lowest BCUT2D eigenvalue weighted by atomic mass is 10.1. The number of hydrogen-bond donors (Lipinski definition) is 2. The fraction of sp³-hybridized carbons (Fsp3) is 0.588. The Bertz CT molecular complexity index is 523. The molecule has 1 rings (SSSR count). The molecular formula is C17H28N4O2. The van der Waals surface area contributed by atoms with Gasteiger partial charge in [-0.15, -0.1) is 0 Å². The van der Waals surface area contributed by atoms with Crippen LogP contribution in [-0.4, -0.2) is 47.1 Å². The van der Waals surface area contributed by atoms with Crippen LogP contribution in [0.15, 0.2) is 29.2 Å².